The lowest BCUT2D eigenvalue weighted by Crippen LogP contribution is -2.35. The van der Waals surface area contributed by atoms with Crippen molar-refractivity contribution >= 4 is 22.7 Å². The third-order valence-corrected chi connectivity index (χ3v) is 7.40. The second-order valence-corrected chi connectivity index (χ2v) is 10.3. The third kappa shape index (κ3) is 5.05. The van der Waals surface area contributed by atoms with E-state index in [0.29, 0.717) is 17.7 Å². The van der Waals surface area contributed by atoms with Crippen molar-refractivity contribution < 1.29 is 14.6 Å². The van der Waals surface area contributed by atoms with Crippen molar-refractivity contribution in [1.29, 1.82) is 0 Å². The molecule has 0 spiro atoms. The van der Waals surface area contributed by atoms with Crippen molar-refractivity contribution in [3.63, 3.8) is 0 Å². The van der Waals surface area contributed by atoms with Crippen LogP contribution in [0.3, 0.4) is 0 Å². The van der Waals surface area contributed by atoms with Gasteiger partial charge in [-0.25, -0.2) is 0 Å². The van der Waals surface area contributed by atoms with Crippen LogP contribution in [0.1, 0.15) is 50.0 Å². The summed E-state index contributed by atoms with van der Waals surface area (Å²) in [7, 11) is 0. The van der Waals surface area contributed by atoms with Gasteiger partial charge in [0.15, 0.2) is 0 Å². The van der Waals surface area contributed by atoms with Gasteiger partial charge < -0.3 is 14.6 Å². The highest BCUT2D eigenvalue weighted by Gasteiger charge is 2.30. The summed E-state index contributed by atoms with van der Waals surface area (Å²) >= 11 is 6.34. The van der Waals surface area contributed by atoms with Crippen LogP contribution in [0.5, 0.6) is 17.2 Å². The van der Waals surface area contributed by atoms with Crippen molar-refractivity contribution in [2.24, 2.45) is 5.92 Å². The topological polar surface area (TPSA) is 41.9 Å². The van der Waals surface area contributed by atoms with Crippen molar-refractivity contribution in [2.75, 3.05) is 19.7 Å². The first-order chi connectivity index (χ1) is 16.9. The minimum Gasteiger partial charge on any atom is -0.508 e. The van der Waals surface area contributed by atoms with Crippen LogP contribution in [0.15, 0.2) is 66.7 Å². The lowest BCUT2D eigenvalue weighted by atomic mass is 9.86. The molecule has 0 amide bonds. The van der Waals surface area contributed by atoms with E-state index in [4.69, 9.17) is 21.1 Å². The Morgan fingerprint density at radius 3 is 2.63 bits per heavy atom. The molecule has 0 aromatic heterocycles. The molecule has 0 saturated carbocycles. The van der Waals surface area contributed by atoms with Crippen LogP contribution in [-0.2, 0) is 0 Å². The molecule has 3 aromatic carbocycles. The highest BCUT2D eigenvalue weighted by Crippen LogP contribution is 2.47. The number of nitrogens with zero attached hydrogens (tertiary/aromatic N) is 1. The van der Waals surface area contributed by atoms with Gasteiger partial charge in [-0.2, -0.15) is 0 Å². The number of rotatable bonds is 6. The van der Waals surface area contributed by atoms with E-state index in [1.807, 2.05) is 42.5 Å². The van der Waals surface area contributed by atoms with Gasteiger partial charge in [0, 0.05) is 28.7 Å². The molecule has 2 aliphatic rings. The zero-order chi connectivity index (χ0) is 24.5. The summed E-state index contributed by atoms with van der Waals surface area (Å²) in [6, 6.07) is 21.7. The number of aromatic hydroxyl groups is 1. The molecule has 0 radical (unpaired) electrons. The molecule has 3 unspecified atom stereocenters. The average molecular weight is 490 g/mol. The number of hydrogen-bond acceptors (Lipinski definition) is 4. The van der Waals surface area contributed by atoms with Crippen molar-refractivity contribution in [2.45, 2.75) is 39.3 Å². The number of phenols is 1. The highest BCUT2D eigenvalue weighted by molar-refractivity contribution is 6.30. The van der Waals surface area contributed by atoms with E-state index in [1.165, 1.54) is 6.42 Å². The average Bonchev–Trinajstić information content (AvgIpc) is 3.29. The second-order valence-electron chi connectivity index (χ2n) is 9.85. The number of halogens is 1. The molecule has 35 heavy (non-hydrogen) atoms. The Kier molecular flexibility index (Phi) is 6.77. The van der Waals surface area contributed by atoms with Crippen LogP contribution in [-0.4, -0.2) is 35.7 Å². The molecule has 3 aromatic rings. The van der Waals surface area contributed by atoms with Gasteiger partial charge in [-0.05, 0) is 91.9 Å². The molecule has 0 aliphatic carbocycles. The number of likely N-dealkylation sites (tertiary alicyclic amines) is 1. The number of phenolic OH excluding ortho intramolecular Hbond substituents is 1. The van der Waals surface area contributed by atoms with Gasteiger partial charge in [-0.3, -0.25) is 4.90 Å². The first-order valence-electron chi connectivity index (χ1n) is 12.3. The van der Waals surface area contributed by atoms with Crippen LogP contribution in [0, 0.1) is 5.92 Å². The number of benzene rings is 3. The fourth-order valence-corrected chi connectivity index (χ4v) is 5.32. The monoisotopic (exact) mass is 489 g/mol. The summed E-state index contributed by atoms with van der Waals surface area (Å²) in [4.78, 5) is 2.51. The fourth-order valence-electron chi connectivity index (χ4n) is 5.13. The van der Waals surface area contributed by atoms with Gasteiger partial charge in [0.25, 0.3) is 0 Å². The van der Waals surface area contributed by atoms with E-state index in [-0.39, 0.29) is 11.9 Å². The SMILES string of the molecule is CC1=C(c2cccc(Cl)c2)C(c2ccc(OCC(C)N3CCC(C)C3)cc2)Oc2ccc(O)cc21. The largest absolute Gasteiger partial charge is 0.508 e. The van der Waals surface area contributed by atoms with E-state index in [9.17, 15) is 5.11 Å². The van der Waals surface area contributed by atoms with Gasteiger partial charge >= 0.3 is 0 Å². The third-order valence-electron chi connectivity index (χ3n) is 7.17. The van der Waals surface area contributed by atoms with E-state index in [2.05, 4.69) is 37.8 Å². The van der Waals surface area contributed by atoms with Crippen LogP contribution in [0.25, 0.3) is 11.1 Å². The smallest absolute Gasteiger partial charge is 0.150 e. The number of allylic oxidation sites excluding steroid dienone is 1. The molecule has 2 heterocycles. The van der Waals surface area contributed by atoms with E-state index < -0.39 is 0 Å². The van der Waals surface area contributed by atoms with Crippen molar-refractivity contribution in [3.8, 4) is 17.2 Å². The van der Waals surface area contributed by atoms with E-state index in [0.717, 1.165) is 58.3 Å². The van der Waals surface area contributed by atoms with Crippen molar-refractivity contribution in [3.05, 3.63) is 88.4 Å². The number of fused-ring (bicyclic) bond motifs is 1. The lowest BCUT2D eigenvalue weighted by molar-refractivity contribution is 0.169. The maximum absolute atomic E-state index is 10.1. The Labute approximate surface area is 212 Å². The predicted molar refractivity (Wildman–Crippen MR) is 142 cm³/mol. The van der Waals surface area contributed by atoms with Gasteiger partial charge in [0.2, 0.25) is 0 Å². The summed E-state index contributed by atoms with van der Waals surface area (Å²) in [5.74, 6) is 2.60. The fraction of sp³-hybridized carbons (Fsp3) is 0.333. The Balaban J connectivity index is 1.41. The first kappa shape index (κ1) is 23.8. The molecule has 1 N–H and O–H groups in total. The molecule has 2 aliphatic heterocycles. The van der Waals surface area contributed by atoms with Crippen molar-refractivity contribution in [1.82, 2.24) is 4.90 Å². The minimum atomic E-state index is -0.301. The number of ether oxygens (including phenoxy) is 2. The normalized spacial score (nSPS) is 20.9. The summed E-state index contributed by atoms with van der Waals surface area (Å²) in [6.45, 7) is 9.61. The maximum atomic E-state index is 10.1. The second kappa shape index (κ2) is 9.96. The predicted octanol–water partition coefficient (Wildman–Crippen LogP) is 7.22. The minimum absolute atomic E-state index is 0.217. The summed E-state index contributed by atoms with van der Waals surface area (Å²) in [5.41, 5.74) is 5.02. The zero-order valence-corrected chi connectivity index (χ0v) is 21.3. The first-order valence-corrected chi connectivity index (χ1v) is 12.7. The van der Waals surface area contributed by atoms with Gasteiger partial charge in [0.1, 0.15) is 30.0 Å². The summed E-state index contributed by atoms with van der Waals surface area (Å²) in [6.07, 6.45) is 0.968. The highest BCUT2D eigenvalue weighted by atomic mass is 35.5. The Bertz CT molecular complexity index is 1240. The Morgan fingerprint density at radius 1 is 1.11 bits per heavy atom. The Morgan fingerprint density at radius 2 is 1.91 bits per heavy atom. The van der Waals surface area contributed by atoms with Crippen LogP contribution in [0.4, 0.5) is 0 Å². The molecule has 3 atom stereocenters. The molecule has 5 heteroatoms. The maximum Gasteiger partial charge on any atom is 0.150 e. The quantitative estimate of drug-likeness (QED) is 0.397. The van der Waals surface area contributed by atoms with Gasteiger partial charge in [0.05, 0.1) is 0 Å². The van der Waals surface area contributed by atoms with Crippen LogP contribution >= 0.6 is 11.6 Å². The molecule has 1 fully saturated rings. The molecule has 182 valence electrons. The summed E-state index contributed by atoms with van der Waals surface area (Å²) < 4.78 is 12.6. The molecule has 5 rings (SSSR count). The lowest BCUT2D eigenvalue weighted by Gasteiger charge is -2.31. The van der Waals surface area contributed by atoms with Gasteiger partial charge in [-0.1, -0.05) is 42.8 Å². The standard InChI is InChI=1S/C30H32ClNO3/c1-19-13-14-32(17-19)20(2)18-34-26-10-7-22(8-11-26)30-29(23-5-4-6-24(31)15-23)21(3)27-16-25(33)9-12-28(27)35-30/h4-12,15-16,19-20,30,33H,13-14,17-18H2,1-3H3. The van der Waals surface area contributed by atoms with E-state index >= 15 is 0 Å². The number of hydrogen-bond donors (Lipinski definition) is 1. The van der Waals surface area contributed by atoms with Crippen LogP contribution < -0.4 is 9.47 Å². The van der Waals surface area contributed by atoms with Crippen LogP contribution in [0.2, 0.25) is 5.02 Å². The van der Waals surface area contributed by atoms with Gasteiger partial charge in [-0.15, -0.1) is 0 Å². The molecule has 1 saturated heterocycles. The zero-order valence-electron chi connectivity index (χ0n) is 20.5. The molecule has 4 nitrogen and oxygen atoms in total. The molecular formula is C30H32ClNO3. The van der Waals surface area contributed by atoms with E-state index in [1.54, 1.807) is 12.1 Å². The molecular weight excluding hydrogens is 458 g/mol. The molecule has 0 bridgehead atoms. The Hall–Kier alpha value is -2.95. The summed E-state index contributed by atoms with van der Waals surface area (Å²) in [5, 5.41) is 10.8.